The summed E-state index contributed by atoms with van der Waals surface area (Å²) in [6.45, 7) is 1.86. The number of hydrogen-bond acceptors (Lipinski definition) is 2. The van der Waals surface area contributed by atoms with Crippen molar-refractivity contribution in [2.45, 2.75) is 38.6 Å². The van der Waals surface area contributed by atoms with E-state index in [0.29, 0.717) is 6.42 Å². The van der Waals surface area contributed by atoms with Crippen molar-refractivity contribution < 1.29 is 4.79 Å². The van der Waals surface area contributed by atoms with E-state index in [-0.39, 0.29) is 5.91 Å². The van der Waals surface area contributed by atoms with Gasteiger partial charge in [0.25, 0.3) is 0 Å². The van der Waals surface area contributed by atoms with Gasteiger partial charge in [-0.25, -0.2) is 0 Å². The highest BCUT2D eigenvalue weighted by molar-refractivity contribution is 5.91. The average Bonchev–Trinajstić information content (AvgIpc) is 2.44. The van der Waals surface area contributed by atoms with Crippen molar-refractivity contribution in [1.29, 1.82) is 0 Å². The van der Waals surface area contributed by atoms with E-state index in [2.05, 4.69) is 22.6 Å². The topological polar surface area (TPSA) is 41.1 Å². The van der Waals surface area contributed by atoms with Crippen LogP contribution < -0.4 is 10.6 Å². The lowest BCUT2D eigenvalue weighted by molar-refractivity contribution is -0.116. The first-order valence-corrected chi connectivity index (χ1v) is 6.86. The van der Waals surface area contributed by atoms with Gasteiger partial charge in [0.1, 0.15) is 0 Å². The maximum atomic E-state index is 11.9. The van der Waals surface area contributed by atoms with E-state index in [0.717, 1.165) is 44.5 Å². The Labute approximate surface area is 114 Å². The minimum Gasteiger partial charge on any atom is -0.326 e. The van der Waals surface area contributed by atoms with Crippen LogP contribution in [0.15, 0.2) is 18.2 Å². The van der Waals surface area contributed by atoms with Crippen molar-refractivity contribution in [2.75, 3.05) is 11.9 Å². The summed E-state index contributed by atoms with van der Waals surface area (Å²) >= 11 is 0. The number of carbonyl (C=O) groups is 1. The third-order valence-corrected chi connectivity index (χ3v) is 3.39. The number of unbranched alkanes of at least 4 members (excludes halogenated alkanes) is 2. The van der Waals surface area contributed by atoms with Crippen LogP contribution in [0.4, 0.5) is 5.69 Å². The van der Waals surface area contributed by atoms with Crippen LogP contribution in [-0.2, 0) is 17.8 Å². The largest absolute Gasteiger partial charge is 0.326 e. The van der Waals surface area contributed by atoms with Crippen molar-refractivity contribution in [3.05, 3.63) is 29.3 Å². The first-order chi connectivity index (χ1) is 9.31. The Morgan fingerprint density at radius 2 is 2.32 bits per heavy atom. The Morgan fingerprint density at radius 1 is 1.42 bits per heavy atom. The molecule has 1 heterocycles. The quantitative estimate of drug-likeness (QED) is 0.627. The predicted molar refractivity (Wildman–Crippen MR) is 77.8 cm³/mol. The fraction of sp³-hybridized carbons (Fsp3) is 0.438. The molecule has 0 saturated carbocycles. The number of anilines is 1. The van der Waals surface area contributed by atoms with Crippen LogP contribution in [0, 0.1) is 12.3 Å². The maximum Gasteiger partial charge on any atom is 0.224 e. The van der Waals surface area contributed by atoms with Gasteiger partial charge in [-0.2, -0.15) is 0 Å². The van der Waals surface area contributed by atoms with Gasteiger partial charge in [-0.15, -0.1) is 12.3 Å². The summed E-state index contributed by atoms with van der Waals surface area (Å²) in [6.07, 6.45) is 9.23. The lowest BCUT2D eigenvalue weighted by Gasteiger charge is -2.20. The summed E-state index contributed by atoms with van der Waals surface area (Å²) < 4.78 is 0. The molecule has 0 bridgehead atoms. The molecule has 100 valence electrons. The Kier molecular flexibility index (Phi) is 5.00. The van der Waals surface area contributed by atoms with Gasteiger partial charge in [-0.05, 0) is 43.0 Å². The second-order valence-electron chi connectivity index (χ2n) is 4.83. The van der Waals surface area contributed by atoms with Gasteiger partial charge in [-0.1, -0.05) is 12.1 Å². The van der Waals surface area contributed by atoms with Crippen LogP contribution in [0.3, 0.4) is 0 Å². The number of terminal acetylenes is 1. The minimum absolute atomic E-state index is 0.0870. The van der Waals surface area contributed by atoms with E-state index in [1.807, 2.05) is 12.1 Å². The van der Waals surface area contributed by atoms with E-state index in [1.54, 1.807) is 0 Å². The molecule has 2 rings (SSSR count). The number of nitrogens with one attached hydrogen (secondary N) is 2. The van der Waals surface area contributed by atoms with Gasteiger partial charge in [0, 0.05) is 25.1 Å². The van der Waals surface area contributed by atoms with Crippen LogP contribution in [0.1, 0.15) is 36.8 Å². The first kappa shape index (κ1) is 13.6. The van der Waals surface area contributed by atoms with Crippen LogP contribution in [-0.4, -0.2) is 12.5 Å². The number of benzene rings is 1. The van der Waals surface area contributed by atoms with E-state index in [1.165, 1.54) is 11.1 Å². The van der Waals surface area contributed by atoms with Gasteiger partial charge in [0.05, 0.1) is 0 Å². The van der Waals surface area contributed by atoms with Gasteiger partial charge in [0.15, 0.2) is 0 Å². The third kappa shape index (κ3) is 3.84. The van der Waals surface area contributed by atoms with Crippen LogP contribution in [0.25, 0.3) is 0 Å². The monoisotopic (exact) mass is 256 g/mol. The van der Waals surface area contributed by atoms with Crippen LogP contribution in [0.2, 0.25) is 0 Å². The molecule has 0 fully saturated rings. The van der Waals surface area contributed by atoms with E-state index < -0.39 is 0 Å². The SMILES string of the molecule is C#CCCCCC(=O)Nc1cccc2c1CCNC2. The van der Waals surface area contributed by atoms with Gasteiger partial charge < -0.3 is 10.6 Å². The summed E-state index contributed by atoms with van der Waals surface area (Å²) in [5, 5.41) is 6.37. The van der Waals surface area contributed by atoms with Crippen LogP contribution >= 0.6 is 0 Å². The first-order valence-electron chi connectivity index (χ1n) is 6.86. The smallest absolute Gasteiger partial charge is 0.224 e. The zero-order chi connectivity index (χ0) is 13.5. The molecule has 3 nitrogen and oxygen atoms in total. The molecule has 2 N–H and O–H groups in total. The summed E-state index contributed by atoms with van der Waals surface area (Å²) in [5.74, 6) is 2.68. The van der Waals surface area contributed by atoms with Crippen molar-refractivity contribution in [3.8, 4) is 12.3 Å². The molecular weight excluding hydrogens is 236 g/mol. The maximum absolute atomic E-state index is 11.9. The highest BCUT2D eigenvalue weighted by Crippen LogP contribution is 2.23. The Hall–Kier alpha value is -1.79. The molecule has 0 saturated heterocycles. The molecule has 1 aliphatic rings. The van der Waals surface area contributed by atoms with Gasteiger partial charge >= 0.3 is 0 Å². The highest BCUT2D eigenvalue weighted by atomic mass is 16.1. The lowest BCUT2D eigenvalue weighted by Crippen LogP contribution is -2.25. The summed E-state index contributed by atoms with van der Waals surface area (Å²) in [5.41, 5.74) is 3.54. The molecular formula is C16H20N2O. The molecule has 0 atom stereocenters. The Morgan fingerprint density at radius 3 is 3.16 bits per heavy atom. The normalized spacial score (nSPS) is 13.4. The van der Waals surface area contributed by atoms with Crippen LogP contribution in [0.5, 0.6) is 0 Å². The van der Waals surface area contributed by atoms with Crippen molar-refractivity contribution in [3.63, 3.8) is 0 Å². The lowest BCUT2D eigenvalue weighted by atomic mass is 9.99. The zero-order valence-electron chi connectivity index (χ0n) is 11.2. The molecule has 0 aliphatic carbocycles. The molecule has 0 unspecified atom stereocenters. The number of carbonyl (C=O) groups excluding carboxylic acids is 1. The number of hydrogen-bond donors (Lipinski definition) is 2. The van der Waals surface area contributed by atoms with Gasteiger partial charge in [0.2, 0.25) is 5.91 Å². The molecule has 0 radical (unpaired) electrons. The molecule has 1 aliphatic heterocycles. The van der Waals surface area contributed by atoms with Crippen molar-refractivity contribution in [2.24, 2.45) is 0 Å². The molecule has 3 heteroatoms. The standard InChI is InChI=1S/C16H20N2O/c1-2-3-4-5-9-16(19)18-15-8-6-7-13-12-17-11-10-14(13)15/h1,6-8,17H,3-5,9-12H2,(H,18,19). The number of amides is 1. The average molecular weight is 256 g/mol. The summed E-state index contributed by atoms with van der Waals surface area (Å²) in [6, 6.07) is 6.10. The molecule has 1 aromatic rings. The minimum atomic E-state index is 0.0870. The van der Waals surface area contributed by atoms with Crippen molar-refractivity contribution in [1.82, 2.24) is 5.32 Å². The van der Waals surface area contributed by atoms with Gasteiger partial charge in [-0.3, -0.25) is 4.79 Å². The van der Waals surface area contributed by atoms with E-state index in [4.69, 9.17) is 6.42 Å². The molecule has 0 spiro atoms. The Balaban J connectivity index is 1.92. The molecule has 1 amide bonds. The summed E-state index contributed by atoms with van der Waals surface area (Å²) in [7, 11) is 0. The fourth-order valence-corrected chi connectivity index (χ4v) is 2.37. The van der Waals surface area contributed by atoms with E-state index in [9.17, 15) is 4.79 Å². The third-order valence-electron chi connectivity index (χ3n) is 3.39. The van der Waals surface area contributed by atoms with E-state index >= 15 is 0 Å². The second-order valence-corrected chi connectivity index (χ2v) is 4.83. The zero-order valence-corrected chi connectivity index (χ0v) is 11.2. The fourth-order valence-electron chi connectivity index (χ4n) is 2.37. The molecule has 1 aromatic carbocycles. The number of fused-ring (bicyclic) bond motifs is 1. The number of rotatable bonds is 5. The molecule has 0 aromatic heterocycles. The predicted octanol–water partition coefficient (Wildman–Crippen LogP) is 2.46. The van der Waals surface area contributed by atoms with Crippen molar-refractivity contribution >= 4 is 11.6 Å². The molecule has 19 heavy (non-hydrogen) atoms. The second kappa shape index (κ2) is 6.96. The Bertz CT molecular complexity index is 488. The summed E-state index contributed by atoms with van der Waals surface area (Å²) in [4.78, 5) is 11.9. The highest BCUT2D eigenvalue weighted by Gasteiger charge is 2.13.